The van der Waals surface area contributed by atoms with Crippen LogP contribution >= 0.6 is 11.3 Å². The fourth-order valence-corrected chi connectivity index (χ4v) is 3.19. The van der Waals surface area contributed by atoms with E-state index in [1.165, 1.54) is 15.6 Å². The van der Waals surface area contributed by atoms with Gasteiger partial charge in [0.05, 0.1) is 6.04 Å². The van der Waals surface area contributed by atoms with Crippen molar-refractivity contribution in [1.82, 2.24) is 15.3 Å². The summed E-state index contributed by atoms with van der Waals surface area (Å²) < 4.78 is 1.35. The number of likely N-dealkylation sites (N-methyl/N-ethyl adjacent to an activating group) is 1. The van der Waals surface area contributed by atoms with Gasteiger partial charge in [0, 0.05) is 17.1 Å². The summed E-state index contributed by atoms with van der Waals surface area (Å²) in [6.45, 7) is 0. The van der Waals surface area contributed by atoms with Gasteiger partial charge in [0.15, 0.2) is 0 Å². The highest BCUT2D eigenvalue weighted by Gasteiger charge is 2.14. The molecule has 92 valence electrons. The molecule has 1 atom stereocenters. The Balaban J connectivity index is 1.91. The summed E-state index contributed by atoms with van der Waals surface area (Å²) in [5.74, 6) is 0.993. The standard InChI is InChI=1S/C14H15N3S/c1-15-12(14-16-6-7-17-14)8-10-9-18-13-5-3-2-4-11(10)13/h2-7,9,12,15H,8H2,1H3,(H,16,17). The van der Waals surface area contributed by atoms with E-state index in [1.54, 1.807) is 17.5 Å². The predicted octanol–water partition coefficient (Wildman–Crippen LogP) is 3.13. The van der Waals surface area contributed by atoms with Crippen LogP contribution in [0, 0.1) is 0 Å². The van der Waals surface area contributed by atoms with Crippen LogP contribution in [0.15, 0.2) is 42.0 Å². The number of thiophene rings is 1. The monoisotopic (exact) mass is 257 g/mol. The Bertz CT molecular complexity index is 627. The zero-order valence-electron chi connectivity index (χ0n) is 10.2. The van der Waals surface area contributed by atoms with Gasteiger partial charge in [-0.05, 0) is 35.9 Å². The lowest BCUT2D eigenvalue weighted by Gasteiger charge is -2.13. The van der Waals surface area contributed by atoms with Crippen LogP contribution in [0.4, 0.5) is 0 Å². The highest BCUT2D eigenvalue weighted by molar-refractivity contribution is 7.17. The number of rotatable bonds is 4. The van der Waals surface area contributed by atoms with Crippen molar-refractivity contribution in [3.63, 3.8) is 0 Å². The fourth-order valence-electron chi connectivity index (χ4n) is 2.21. The van der Waals surface area contributed by atoms with Crippen molar-refractivity contribution < 1.29 is 0 Å². The normalized spacial score (nSPS) is 12.9. The average Bonchev–Trinajstić information content (AvgIpc) is 3.06. The Labute approximate surface area is 110 Å². The van der Waals surface area contributed by atoms with Gasteiger partial charge >= 0.3 is 0 Å². The van der Waals surface area contributed by atoms with Gasteiger partial charge in [-0.15, -0.1) is 11.3 Å². The molecule has 0 aliphatic heterocycles. The Morgan fingerprint density at radius 3 is 3.06 bits per heavy atom. The first-order valence-corrected chi connectivity index (χ1v) is 6.88. The molecule has 0 saturated heterocycles. The Hall–Kier alpha value is -1.65. The molecule has 0 aliphatic rings. The molecule has 0 saturated carbocycles. The molecule has 0 amide bonds. The third-order valence-corrected chi connectivity index (χ3v) is 4.20. The van der Waals surface area contributed by atoms with Crippen LogP contribution in [0.1, 0.15) is 17.4 Å². The van der Waals surface area contributed by atoms with Crippen molar-refractivity contribution in [2.45, 2.75) is 12.5 Å². The number of nitrogens with zero attached hydrogens (tertiary/aromatic N) is 1. The molecule has 1 aromatic carbocycles. The van der Waals surface area contributed by atoms with Gasteiger partial charge < -0.3 is 10.3 Å². The highest BCUT2D eigenvalue weighted by atomic mass is 32.1. The summed E-state index contributed by atoms with van der Waals surface area (Å²) in [5, 5.41) is 6.92. The van der Waals surface area contributed by atoms with E-state index in [-0.39, 0.29) is 6.04 Å². The molecule has 2 N–H and O–H groups in total. The van der Waals surface area contributed by atoms with Gasteiger partial charge in [-0.25, -0.2) is 4.98 Å². The Morgan fingerprint density at radius 1 is 1.39 bits per heavy atom. The number of hydrogen-bond donors (Lipinski definition) is 2. The molecule has 1 unspecified atom stereocenters. The molecule has 0 radical (unpaired) electrons. The molecule has 2 aromatic heterocycles. The smallest absolute Gasteiger partial charge is 0.123 e. The van der Waals surface area contributed by atoms with E-state index in [9.17, 15) is 0 Å². The SMILES string of the molecule is CNC(Cc1csc2ccccc12)c1ncc[nH]1. The van der Waals surface area contributed by atoms with Crippen molar-refractivity contribution >= 4 is 21.4 Å². The van der Waals surface area contributed by atoms with Crippen molar-refractivity contribution in [3.05, 3.63) is 53.4 Å². The molecule has 0 bridgehead atoms. The first-order chi connectivity index (χ1) is 8.88. The number of hydrogen-bond acceptors (Lipinski definition) is 3. The zero-order valence-corrected chi connectivity index (χ0v) is 11.0. The summed E-state index contributed by atoms with van der Waals surface area (Å²) in [4.78, 5) is 7.51. The summed E-state index contributed by atoms with van der Waals surface area (Å²) in [6, 6.07) is 8.78. The number of H-pyrrole nitrogens is 1. The van der Waals surface area contributed by atoms with Crippen LogP contribution < -0.4 is 5.32 Å². The van der Waals surface area contributed by atoms with Crippen LogP contribution in [0.5, 0.6) is 0 Å². The van der Waals surface area contributed by atoms with E-state index in [0.29, 0.717) is 0 Å². The molecule has 0 spiro atoms. The molecule has 3 aromatic rings. The lowest BCUT2D eigenvalue weighted by molar-refractivity contribution is 0.565. The second-order valence-electron chi connectivity index (χ2n) is 4.28. The molecule has 0 fully saturated rings. The minimum atomic E-state index is 0.234. The molecule has 18 heavy (non-hydrogen) atoms. The molecule has 4 heteroatoms. The van der Waals surface area contributed by atoms with Gasteiger partial charge in [0.2, 0.25) is 0 Å². The molecule has 0 aliphatic carbocycles. The highest BCUT2D eigenvalue weighted by Crippen LogP contribution is 2.28. The first-order valence-electron chi connectivity index (χ1n) is 6.00. The van der Waals surface area contributed by atoms with Gasteiger partial charge in [-0.2, -0.15) is 0 Å². The number of aromatic nitrogens is 2. The van der Waals surface area contributed by atoms with Crippen molar-refractivity contribution in [2.24, 2.45) is 0 Å². The maximum Gasteiger partial charge on any atom is 0.123 e. The minimum Gasteiger partial charge on any atom is -0.347 e. The second kappa shape index (κ2) is 4.92. The van der Waals surface area contributed by atoms with Crippen molar-refractivity contribution in [3.8, 4) is 0 Å². The molecule has 3 nitrogen and oxygen atoms in total. The largest absolute Gasteiger partial charge is 0.347 e. The maximum atomic E-state index is 4.33. The summed E-state index contributed by atoms with van der Waals surface area (Å²) in [6.07, 6.45) is 4.62. The van der Waals surface area contributed by atoms with Crippen LogP contribution in [0.3, 0.4) is 0 Å². The number of nitrogens with one attached hydrogen (secondary N) is 2. The first kappa shape index (κ1) is 11.4. The summed E-state index contributed by atoms with van der Waals surface area (Å²) in [5.41, 5.74) is 1.38. The third-order valence-electron chi connectivity index (χ3n) is 3.18. The molecule has 2 heterocycles. The Kier molecular flexibility index (Phi) is 3.13. The molecule has 3 rings (SSSR count). The van der Waals surface area contributed by atoms with Gasteiger partial charge in [0.1, 0.15) is 5.82 Å². The van der Waals surface area contributed by atoms with Crippen molar-refractivity contribution in [1.29, 1.82) is 0 Å². The number of fused-ring (bicyclic) bond motifs is 1. The lowest BCUT2D eigenvalue weighted by atomic mass is 10.0. The van der Waals surface area contributed by atoms with E-state index in [4.69, 9.17) is 0 Å². The fraction of sp³-hybridized carbons (Fsp3) is 0.214. The van der Waals surface area contributed by atoms with Crippen molar-refractivity contribution in [2.75, 3.05) is 7.05 Å². The summed E-state index contributed by atoms with van der Waals surface area (Å²) in [7, 11) is 1.97. The van der Waals surface area contributed by atoms with Crippen LogP contribution in [0.2, 0.25) is 0 Å². The lowest BCUT2D eigenvalue weighted by Crippen LogP contribution is -2.19. The number of aromatic amines is 1. The molecular weight excluding hydrogens is 242 g/mol. The van der Waals surface area contributed by atoms with E-state index < -0.39 is 0 Å². The van der Waals surface area contributed by atoms with E-state index >= 15 is 0 Å². The minimum absolute atomic E-state index is 0.234. The quantitative estimate of drug-likeness (QED) is 0.754. The van der Waals surface area contributed by atoms with Gasteiger partial charge in [0.25, 0.3) is 0 Å². The molecular formula is C14H15N3S. The predicted molar refractivity (Wildman–Crippen MR) is 75.9 cm³/mol. The zero-order chi connectivity index (χ0) is 12.4. The average molecular weight is 257 g/mol. The topological polar surface area (TPSA) is 40.7 Å². The number of benzene rings is 1. The van der Waals surface area contributed by atoms with Crippen LogP contribution in [0.25, 0.3) is 10.1 Å². The second-order valence-corrected chi connectivity index (χ2v) is 5.19. The summed E-state index contributed by atoms with van der Waals surface area (Å²) >= 11 is 1.81. The van der Waals surface area contributed by atoms with E-state index in [2.05, 4.69) is 44.9 Å². The van der Waals surface area contributed by atoms with Crippen LogP contribution in [-0.4, -0.2) is 17.0 Å². The Morgan fingerprint density at radius 2 is 2.28 bits per heavy atom. The van der Waals surface area contributed by atoms with Gasteiger partial charge in [-0.3, -0.25) is 0 Å². The van der Waals surface area contributed by atoms with Crippen LogP contribution in [-0.2, 0) is 6.42 Å². The van der Waals surface area contributed by atoms with Gasteiger partial charge in [-0.1, -0.05) is 18.2 Å². The van der Waals surface area contributed by atoms with E-state index in [0.717, 1.165) is 12.2 Å². The maximum absolute atomic E-state index is 4.33. The van der Waals surface area contributed by atoms with E-state index in [1.807, 2.05) is 13.2 Å². The number of imidazole rings is 1. The third kappa shape index (κ3) is 2.05.